The number of ether oxygens (including phenoxy) is 2. The fraction of sp³-hybridized carbons (Fsp3) is 0.714. The molecule has 0 bridgehead atoms. The Bertz CT molecular complexity index is 178. The Morgan fingerprint density at radius 3 is 2.38 bits per heavy atom. The number of methoxy groups -OCH3 is 2. The van der Waals surface area contributed by atoms with Gasteiger partial charge < -0.3 is 14.6 Å². The van der Waals surface area contributed by atoms with Crippen molar-refractivity contribution in [1.29, 1.82) is 0 Å². The lowest BCUT2D eigenvalue weighted by molar-refractivity contribution is -0.487. The van der Waals surface area contributed by atoms with E-state index in [1.165, 1.54) is 26.4 Å². The summed E-state index contributed by atoms with van der Waals surface area (Å²) in [6.45, 7) is -0.517. The van der Waals surface area contributed by atoms with E-state index in [1.54, 1.807) is 0 Å². The zero-order valence-corrected chi connectivity index (χ0v) is 7.54. The Labute approximate surface area is 75.9 Å². The Kier molecular flexibility index (Phi) is 6.03. The van der Waals surface area contributed by atoms with Gasteiger partial charge in [0.15, 0.2) is 6.29 Å². The number of hydrogen-bond acceptors (Lipinski definition) is 5. The molecule has 13 heavy (non-hydrogen) atoms. The highest BCUT2D eigenvalue weighted by atomic mass is 16.7. The van der Waals surface area contributed by atoms with Gasteiger partial charge in [-0.15, -0.1) is 0 Å². The van der Waals surface area contributed by atoms with Crippen LogP contribution < -0.4 is 0 Å². The molecule has 0 aliphatic rings. The van der Waals surface area contributed by atoms with Crippen molar-refractivity contribution in [1.82, 2.24) is 0 Å². The van der Waals surface area contributed by atoms with Crippen LogP contribution in [0.3, 0.4) is 0 Å². The summed E-state index contributed by atoms with van der Waals surface area (Å²) in [6.07, 6.45) is 0.985. The van der Waals surface area contributed by atoms with Crippen LogP contribution >= 0.6 is 0 Å². The second-order valence-electron chi connectivity index (χ2n) is 2.31. The molecule has 0 spiro atoms. The molecule has 0 rings (SSSR count). The van der Waals surface area contributed by atoms with Crippen molar-refractivity contribution in [2.45, 2.75) is 12.4 Å². The van der Waals surface area contributed by atoms with E-state index in [0.717, 1.165) is 0 Å². The minimum absolute atomic E-state index is 0.517. The lowest BCUT2D eigenvalue weighted by atomic mass is 10.3. The minimum Gasteiger partial charge on any atom is -0.382 e. The zero-order chi connectivity index (χ0) is 10.3. The molecule has 6 heteroatoms. The summed E-state index contributed by atoms with van der Waals surface area (Å²) in [6, 6.07) is 0. The lowest BCUT2D eigenvalue weighted by Gasteiger charge is -2.07. The Morgan fingerprint density at radius 1 is 1.46 bits per heavy atom. The third-order valence-electron chi connectivity index (χ3n) is 1.29. The van der Waals surface area contributed by atoms with Crippen molar-refractivity contribution in [2.75, 3.05) is 20.8 Å². The maximum Gasteiger partial charge on any atom is 0.232 e. The van der Waals surface area contributed by atoms with Crippen LogP contribution in [0.15, 0.2) is 12.2 Å². The normalized spacial score (nSPS) is 13.8. The Hall–Kier alpha value is -0.980. The molecule has 0 saturated carbocycles. The average molecular weight is 191 g/mol. The molecule has 1 atom stereocenters. The molecule has 0 saturated heterocycles. The van der Waals surface area contributed by atoms with Gasteiger partial charge in [0.25, 0.3) is 0 Å². The monoisotopic (exact) mass is 191 g/mol. The first-order valence-electron chi connectivity index (χ1n) is 3.64. The number of aliphatic hydroxyl groups excluding tert-OH is 1. The van der Waals surface area contributed by atoms with Crippen molar-refractivity contribution < 1.29 is 19.5 Å². The topological polar surface area (TPSA) is 81.8 Å². The first-order valence-corrected chi connectivity index (χ1v) is 3.64. The predicted molar refractivity (Wildman–Crippen MR) is 44.8 cm³/mol. The van der Waals surface area contributed by atoms with E-state index < -0.39 is 23.9 Å². The van der Waals surface area contributed by atoms with E-state index in [-0.39, 0.29) is 0 Å². The molecule has 0 aromatic heterocycles. The standard InChI is InChI=1S/C7H13NO5/c1-12-7(13-2)4-3-6(9)5-8(10)11/h3-4,6-7,9H,5H2,1-2H3. The molecule has 0 fully saturated rings. The van der Waals surface area contributed by atoms with E-state index in [2.05, 4.69) is 0 Å². The first-order chi connectivity index (χ1) is 6.10. The van der Waals surface area contributed by atoms with Crippen LogP contribution in [0.25, 0.3) is 0 Å². The van der Waals surface area contributed by atoms with Gasteiger partial charge in [-0.3, -0.25) is 10.1 Å². The van der Waals surface area contributed by atoms with E-state index in [0.29, 0.717) is 0 Å². The summed E-state index contributed by atoms with van der Waals surface area (Å²) in [5.41, 5.74) is 0. The SMILES string of the molecule is COC(C=CC(O)C[N+](=O)[O-])OC. The van der Waals surface area contributed by atoms with Crippen molar-refractivity contribution >= 4 is 0 Å². The lowest BCUT2D eigenvalue weighted by Crippen LogP contribution is -2.18. The summed E-state index contributed by atoms with van der Waals surface area (Å²) in [5, 5.41) is 19.0. The van der Waals surface area contributed by atoms with Crippen molar-refractivity contribution in [3.63, 3.8) is 0 Å². The first kappa shape index (κ1) is 12.0. The van der Waals surface area contributed by atoms with Crippen LogP contribution in [0.4, 0.5) is 0 Å². The maximum absolute atomic E-state index is 9.94. The second kappa shape index (κ2) is 6.53. The average Bonchev–Trinajstić information content (AvgIpc) is 2.05. The van der Waals surface area contributed by atoms with Gasteiger partial charge in [-0.25, -0.2) is 0 Å². The van der Waals surface area contributed by atoms with Crippen molar-refractivity contribution in [3.05, 3.63) is 22.3 Å². The van der Waals surface area contributed by atoms with Crippen LogP contribution in [0.2, 0.25) is 0 Å². The van der Waals surface area contributed by atoms with Gasteiger partial charge in [0.2, 0.25) is 6.54 Å². The Balaban J connectivity index is 3.87. The summed E-state index contributed by atoms with van der Waals surface area (Å²) in [4.78, 5) is 9.35. The van der Waals surface area contributed by atoms with Crippen LogP contribution in [-0.4, -0.2) is 43.2 Å². The molecule has 0 heterocycles. The summed E-state index contributed by atoms with van der Waals surface area (Å²) < 4.78 is 9.53. The van der Waals surface area contributed by atoms with Gasteiger partial charge in [0, 0.05) is 19.1 Å². The molecule has 0 aromatic rings. The second-order valence-corrected chi connectivity index (χ2v) is 2.31. The summed E-state index contributed by atoms with van der Waals surface area (Å²) in [7, 11) is 2.86. The molecule has 0 amide bonds. The highest BCUT2D eigenvalue weighted by Gasteiger charge is 2.08. The largest absolute Gasteiger partial charge is 0.382 e. The molecule has 1 unspecified atom stereocenters. The third-order valence-corrected chi connectivity index (χ3v) is 1.29. The maximum atomic E-state index is 9.94. The summed E-state index contributed by atoms with van der Waals surface area (Å²) >= 11 is 0. The van der Waals surface area contributed by atoms with Gasteiger partial charge in [0.1, 0.15) is 6.10 Å². The molecule has 6 nitrogen and oxygen atoms in total. The number of rotatable bonds is 6. The van der Waals surface area contributed by atoms with E-state index in [9.17, 15) is 10.1 Å². The Morgan fingerprint density at radius 2 is 2.00 bits per heavy atom. The number of aliphatic hydroxyl groups is 1. The minimum atomic E-state index is -1.11. The summed E-state index contributed by atoms with van der Waals surface area (Å²) in [5.74, 6) is 0. The smallest absolute Gasteiger partial charge is 0.232 e. The molecule has 76 valence electrons. The van der Waals surface area contributed by atoms with Crippen LogP contribution in [0.5, 0.6) is 0 Å². The zero-order valence-electron chi connectivity index (χ0n) is 7.54. The fourth-order valence-corrected chi connectivity index (χ4v) is 0.686. The van der Waals surface area contributed by atoms with Crippen molar-refractivity contribution in [2.24, 2.45) is 0 Å². The number of hydrogen-bond donors (Lipinski definition) is 1. The molecule has 0 aliphatic carbocycles. The molecular weight excluding hydrogens is 178 g/mol. The van der Waals surface area contributed by atoms with E-state index >= 15 is 0 Å². The molecule has 0 radical (unpaired) electrons. The van der Waals surface area contributed by atoms with E-state index in [4.69, 9.17) is 14.6 Å². The van der Waals surface area contributed by atoms with Crippen LogP contribution in [0, 0.1) is 10.1 Å². The van der Waals surface area contributed by atoms with Crippen molar-refractivity contribution in [3.8, 4) is 0 Å². The molecule has 1 N–H and O–H groups in total. The molecule has 0 aromatic carbocycles. The molecule has 0 aliphatic heterocycles. The number of nitrogens with zero attached hydrogens (tertiary/aromatic N) is 1. The van der Waals surface area contributed by atoms with Gasteiger partial charge in [-0.2, -0.15) is 0 Å². The fourth-order valence-electron chi connectivity index (χ4n) is 0.686. The molecular formula is C7H13NO5. The van der Waals surface area contributed by atoms with E-state index in [1.807, 2.05) is 0 Å². The number of nitro groups is 1. The third kappa shape index (κ3) is 6.21. The van der Waals surface area contributed by atoms with Gasteiger partial charge in [-0.1, -0.05) is 0 Å². The van der Waals surface area contributed by atoms with Gasteiger partial charge in [0.05, 0.1) is 0 Å². The predicted octanol–water partition coefficient (Wildman–Crippen LogP) is -0.201. The highest BCUT2D eigenvalue weighted by molar-refractivity contribution is 4.90. The highest BCUT2D eigenvalue weighted by Crippen LogP contribution is 1.95. The van der Waals surface area contributed by atoms with Crippen LogP contribution in [-0.2, 0) is 9.47 Å². The quantitative estimate of drug-likeness (QED) is 0.272. The van der Waals surface area contributed by atoms with Gasteiger partial charge in [-0.05, 0) is 12.2 Å². The van der Waals surface area contributed by atoms with Crippen LogP contribution in [0.1, 0.15) is 0 Å². The van der Waals surface area contributed by atoms with Gasteiger partial charge >= 0.3 is 0 Å².